The highest BCUT2D eigenvalue weighted by molar-refractivity contribution is 7.99. The van der Waals surface area contributed by atoms with Gasteiger partial charge in [0.1, 0.15) is 0 Å². The van der Waals surface area contributed by atoms with Gasteiger partial charge < -0.3 is 11.1 Å². The lowest BCUT2D eigenvalue weighted by atomic mass is 10.2. The maximum atomic E-state index is 11.2. The van der Waals surface area contributed by atoms with Gasteiger partial charge in [0.15, 0.2) is 0 Å². The van der Waals surface area contributed by atoms with E-state index in [2.05, 4.69) is 37.4 Å². The number of hydrogen-bond donors (Lipinski definition) is 2. The standard InChI is InChI=1S/C13H20N2OS/c1-4-15-11(13(14)16)8-17-12-6-5-9(2)7-10(12)3/h5-7,11,15H,4,8H2,1-3H3,(H2,14,16). The van der Waals surface area contributed by atoms with E-state index in [0.29, 0.717) is 5.75 Å². The van der Waals surface area contributed by atoms with E-state index in [9.17, 15) is 4.79 Å². The van der Waals surface area contributed by atoms with E-state index >= 15 is 0 Å². The van der Waals surface area contributed by atoms with Crippen LogP contribution in [0, 0.1) is 13.8 Å². The number of likely N-dealkylation sites (N-methyl/N-ethyl adjacent to an activating group) is 1. The Bertz CT molecular complexity index is 393. The van der Waals surface area contributed by atoms with Crippen LogP contribution in [0.1, 0.15) is 18.1 Å². The maximum Gasteiger partial charge on any atom is 0.235 e. The summed E-state index contributed by atoms with van der Waals surface area (Å²) in [5.41, 5.74) is 7.83. The smallest absolute Gasteiger partial charge is 0.235 e. The van der Waals surface area contributed by atoms with Crippen LogP contribution in [0.25, 0.3) is 0 Å². The second-order valence-corrected chi connectivity index (χ2v) is 5.15. The summed E-state index contributed by atoms with van der Waals surface area (Å²) in [6, 6.07) is 6.07. The summed E-state index contributed by atoms with van der Waals surface area (Å²) in [7, 11) is 0. The Morgan fingerprint density at radius 3 is 2.71 bits per heavy atom. The zero-order valence-electron chi connectivity index (χ0n) is 10.6. The molecule has 0 radical (unpaired) electrons. The van der Waals surface area contributed by atoms with Crippen molar-refractivity contribution in [2.75, 3.05) is 12.3 Å². The Morgan fingerprint density at radius 1 is 1.47 bits per heavy atom. The number of primary amides is 1. The molecule has 0 spiro atoms. The van der Waals surface area contributed by atoms with Gasteiger partial charge in [0.05, 0.1) is 6.04 Å². The number of benzene rings is 1. The van der Waals surface area contributed by atoms with Crippen molar-refractivity contribution >= 4 is 17.7 Å². The van der Waals surface area contributed by atoms with E-state index in [4.69, 9.17) is 5.73 Å². The molecule has 1 amide bonds. The van der Waals surface area contributed by atoms with E-state index in [-0.39, 0.29) is 11.9 Å². The number of aryl methyl sites for hydroxylation is 2. The van der Waals surface area contributed by atoms with Gasteiger partial charge in [-0.15, -0.1) is 11.8 Å². The van der Waals surface area contributed by atoms with Gasteiger partial charge in [-0.05, 0) is 32.0 Å². The molecule has 0 aliphatic rings. The van der Waals surface area contributed by atoms with Crippen molar-refractivity contribution in [1.82, 2.24) is 5.32 Å². The van der Waals surface area contributed by atoms with Gasteiger partial charge in [0, 0.05) is 10.6 Å². The Hall–Kier alpha value is -1.00. The van der Waals surface area contributed by atoms with Gasteiger partial charge in [-0.3, -0.25) is 4.79 Å². The first kappa shape index (κ1) is 14.1. The van der Waals surface area contributed by atoms with Crippen molar-refractivity contribution in [2.45, 2.75) is 31.7 Å². The lowest BCUT2D eigenvalue weighted by Crippen LogP contribution is -2.43. The van der Waals surface area contributed by atoms with E-state index in [1.807, 2.05) is 6.92 Å². The lowest BCUT2D eigenvalue weighted by Gasteiger charge is -2.14. The number of nitrogens with two attached hydrogens (primary N) is 1. The average Bonchev–Trinajstić information content (AvgIpc) is 2.25. The fraction of sp³-hybridized carbons (Fsp3) is 0.462. The third-order valence-corrected chi connectivity index (χ3v) is 3.80. The normalized spacial score (nSPS) is 12.4. The van der Waals surface area contributed by atoms with Gasteiger partial charge >= 0.3 is 0 Å². The van der Waals surface area contributed by atoms with Crippen molar-refractivity contribution in [3.05, 3.63) is 29.3 Å². The first-order valence-corrected chi connectivity index (χ1v) is 6.76. The molecule has 1 unspecified atom stereocenters. The molecule has 94 valence electrons. The molecule has 0 aliphatic heterocycles. The zero-order chi connectivity index (χ0) is 12.8. The molecule has 0 aromatic heterocycles. The summed E-state index contributed by atoms with van der Waals surface area (Å²) in [5, 5.41) is 3.09. The van der Waals surface area contributed by atoms with Crippen LogP contribution in [-0.2, 0) is 4.79 Å². The highest BCUT2D eigenvalue weighted by Gasteiger charge is 2.14. The molecule has 0 saturated heterocycles. The number of hydrogen-bond acceptors (Lipinski definition) is 3. The van der Waals surface area contributed by atoms with Crippen LogP contribution in [0.15, 0.2) is 23.1 Å². The molecule has 1 atom stereocenters. The summed E-state index contributed by atoms with van der Waals surface area (Å²) in [5.74, 6) is 0.386. The molecule has 0 saturated carbocycles. The number of thioether (sulfide) groups is 1. The quantitative estimate of drug-likeness (QED) is 0.760. The molecule has 1 aromatic carbocycles. The van der Waals surface area contributed by atoms with Crippen molar-refractivity contribution in [3.63, 3.8) is 0 Å². The van der Waals surface area contributed by atoms with Gasteiger partial charge in [0.25, 0.3) is 0 Å². The van der Waals surface area contributed by atoms with Crippen LogP contribution in [0.2, 0.25) is 0 Å². The second-order valence-electron chi connectivity index (χ2n) is 4.09. The maximum absolute atomic E-state index is 11.2. The summed E-state index contributed by atoms with van der Waals surface area (Å²) >= 11 is 1.67. The molecular formula is C13H20N2OS. The van der Waals surface area contributed by atoms with Crippen LogP contribution in [0.4, 0.5) is 0 Å². The van der Waals surface area contributed by atoms with Gasteiger partial charge in [-0.2, -0.15) is 0 Å². The van der Waals surface area contributed by atoms with Crippen molar-refractivity contribution in [3.8, 4) is 0 Å². The molecule has 3 nitrogen and oxygen atoms in total. The minimum atomic E-state index is -0.288. The number of carbonyl (C=O) groups excluding carboxylic acids is 1. The van der Waals surface area contributed by atoms with E-state index < -0.39 is 0 Å². The SMILES string of the molecule is CCNC(CSc1ccc(C)cc1C)C(N)=O. The fourth-order valence-electron chi connectivity index (χ4n) is 1.62. The van der Waals surface area contributed by atoms with E-state index in [1.54, 1.807) is 11.8 Å². The van der Waals surface area contributed by atoms with Gasteiger partial charge in [0.2, 0.25) is 5.91 Å². The van der Waals surface area contributed by atoms with Crippen LogP contribution < -0.4 is 11.1 Å². The van der Waals surface area contributed by atoms with Gasteiger partial charge in [-0.1, -0.05) is 24.6 Å². The first-order chi connectivity index (χ1) is 8.04. The van der Waals surface area contributed by atoms with Crippen LogP contribution in [-0.4, -0.2) is 24.2 Å². The molecule has 0 bridgehead atoms. The molecule has 4 heteroatoms. The molecule has 0 aliphatic carbocycles. The fourth-order valence-corrected chi connectivity index (χ4v) is 2.70. The largest absolute Gasteiger partial charge is 0.368 e. The summed E-state index contributed by atoms with van der Waals surface area (Å²) in [6.07, 6.45) is 0. The second kappa shape index (κ2) is 6.67. The van der Waals surface area contributed by atoms with Crippen LogP contribution in [0.5, 0.6) is 0 Å². The number of carbonyl (C=O) groups is 1. The predicted octanol–water partition coefficient (Wildman–Crippen LogP) is 1.86. The lowest BCUT2D eigenvalue weighted by molar-refractivity contribution is -0.119. The number of rotatable bonds is 6. The van der Waals surface area contributed by atoms with E-state index in [1.165, 1.54) is 16.0 Å². The Balaban J connectivity index is 2.62. The Labute approximate surface area is 107 Å². The van der Waals surface area contributed by atoms with E-state index in [0.717, 1.165) is 6.54 Å². The minimum absolute atomic E-state index is 0.259. The molecule has 17 heavy (non-hydrogen) atoms. The monoisotopic (exact) mass is 252 g/mol. The topological polar surface area (TPSA) is 55.1 Å². The van der Waals surface area contributed by atoms with Crippen LogP contribution in [0.3, 0.4) is 0 Å². The highest BCUT2D eigenvalue weighted by atomic mass is 32.2. The first-order valence-electron chi connectivity index (χ1n) is 5.77. The average molecular weight is 252 g/mol. The molecule has 1 aromatic rings. The molecule has 0 fully saturated rings. The Morgan fingerprint density at radius 2 is 2.18 bits per heavy atom. The predicted molar refractivity (Wildman–Crippen MR) is 73.3 cm³/mol. The Kier molecular flexibility index (Phi) is 5.51. The van der Waals surface area contributed by atoms with Crippen LogP contribution >= 0.6 is 11.8 Å². The minimum Gasteiger partial charge on any atom is -0.368 e. The third-order valence-electron chi connectivity index (χ3n) is 2.53. The molecule has 0 heterocycles. The summed E-state index contributed by atoms with van der Waals surface area (Å²) in [4.78, 5) is 12.4. The van der Waals surface area contributed by atoms with Crippen molar-refractivity contribution in [1.29, 1.82) is 0 Å². The third kappa shape index (κ3) is 4.40. The summed E-state index contributed by atoms with van der Waals surface area (Å²) in [6.45, 7) is 6.88. The number of nitrogens with one attached hydrogen (secondary N) is 1. The van der Waals surface area contributed by atoms with Crippen molar-refractivity contribution in [2.24, 2.45) is 5.73 Å². The number of amides is 1. The van der Waals surface area contributed by atoms with Crippen molar-refractivity contribution < 1.29 is 4.79 Å². The van der Waals surface area contributed by atoms with Gasteiger partial charge in [-0.25, -0.2) is 0 Å². The zero-order valence-corrected chi connectivity index (χ0v) is 11.4. The molecule has 3 N–H and O–H groups in total. The molecular weight excluding hydrogens is 232 g/mol. The molecule has 1 rings (SSSR count). The highest BCUT2D eigenvalue weighted by Crippen LogP contribution is 2.23. The summed E-state index contributed by atoms with van der Waals surface area (Å²) < 4.78 is 0.